The molecule has 0 nitrogen and oxygen atoms in total. The van der Waals surface area contributed by atoms with Gasteiger partial charge in [0.2, 0.25) is 0 Å². The molecule has 0 radical (unpaired) electrons. The highest BCUT2D eigenvalue weighted by Gasteiger charge is 2.00. The van der Waals surface area contributed by atoms with Crippen molar-refractivity contribution in [2.24, 2.45) is 5.92 Å². The van der Waals surface area contributed by atoms with E-state index < -0.39 is 0 Å². The highest BCUT2D eigenvalue weighted by molar-refractivity contribution is 7.86. The van der Waals surface area contributed by atoms with Crippen LogP contribution >= 0.6 is 15.7 Å². The van der Waals surface area contributed by atoms with Crippen molar-refractivity contribution in [2.75, 3.05) is 12.8 Å². The summed E-state index contributed by atoms with van der Waals surface area (Å²) < 4.78 is 0. The molecule has 7 heavy (non-hydrogen) atoms. The third kappa shape index (κ3) is 6.60. The Morgan fingerprint density at radius 3 is 2.00 bits per heavy atom. The van der Waals surface area contributed by atoms with Gasteiger partial charge in [-0.15, -0.1) is 0 Å². The standard InChI is InChI=1S/C5H13P2/c1-5(2)4-7(3)6/h5-6H,4H2,1-3H3/q+1. The summed E-state index contributed by atoms with van der Waals surface area (Å²) in [6, 6.07) is 0. The van der Waals surface area contributed by atoms with E-state index in [-0.39, 0.29) is 7.21 Å². The monoisotopic (exact) mass is 135 g/mol. The molecule has 0 aliphatic carbocycles. The first kappa shape index (κ1) is 7.60. The van der Waals surface area contributed by atoms with Gasteiger partial charge in [-0.05, 0) is 5.92 Å². The van der Waals surface area contributed by atoms with Gasteiger partial charge in [0.15, 0.2) is 0 Å². The molecule has 0 N–H and O–H groups in total. The van der Waals surface area contributed by atoms with Gasteiger partial charge in [-0.1, -0.05) is 13.8 Å². The molecule has 0 aromatic carbocycles. The molecule has 0 fully saturated rings. The van der Waals surface area contributed by atoms with Crippen molar-refractivity contribution < 1.29 is 0 Å². The maximum atomic E-state index is 3.58. The Kier molecular flexibility index (Phi) is 3.89. The smallest absolute Gasteiger partial charge is 0.0588 e. The normalized spacial score (nSPS) is 12.3. The van der Waals surface area contributed by atoms with Gasteiger partial charge in [0, 0.05) is 0 Å². The summed E-state index contributed by atoms with van der Waals surface area (Å²) in [5.74, 6) is 0.855. The lowest BCUT2D eigenvalue weighted by molar-refractivity contribution is 0.748. The molecule has 0 heterocycles. The van der Waals surface area contributed by atoms with Crippen LogP contribution in [0.15, 0.2) is 0 Å². The predicted octanol–water partition coefficient (Wildman–Crippen LogP) is 2.81. The fourth-order valence-electron chi connectivity index (χ4n) is 0.548. The summed E-state index contributed by atoms with van der Waals surface area (Å²) in [5.41, 5.74) is 0. The molecule has 0 aromatic heterocycles. The van der Waals surface area contributed by atoms with Crippen LogP contribution in [-0.4, -0.2) is 12.8 Å². The van der Waals surface area contributed by atoms with Crippen molar-refractivity contribution in [3.05, 3.63) is 0 Å². The van der Waals surface area contributed by atoms with Crippen molar-refractivity contribution >= 4 is 15.7 Å². The molecule has 0 rings (SSSR count). The lowest BCUT2D eigenvalue weighted by Gasteiger charge is -1.90. The van der Waals surface area contributed by atoms with Crippen molar-refractivity contribution in [3.63, 3.8) is 0 Å². The third-order valence-corrected chi connectivity index (χ3v) is 2.46. The van der Waals surface area contributed by atoms with Gasteiger partial charge in [0.05, 0.1) is 6.66 Å². The van der Waals surface area contributed by atoms with Gasteiger partial charge in [0.1, 0.15) is 21.9 Å². The van der Waals surface area contributed by atoms with Crippen LogP contribution in [0.5, 0.6) is 0 Å². The van der Waals surface area contributed by atoms with Gasteiger partial charge in [0.25, 0.3) is 0 Å². The first-order valence-electron chi connectivity index (χ1n) is 2.55. The van der Waals surface area contributed by atoms with E-state index in [0.717, 1.165) is 5.92 Å². The van der Waals surface area contributed by atoms with E-state index in [0.29, 0.717) is 0 Å². The van der Waals surface area contributed by atoms with E-state index >= 15 is 0 Å². The minimum Gasteiger partial charge on any atom is -0.0588 e. The van der Waals surface area contributed by atoms with Crippen LogP contribution in [0, 0.1) is 5.92 Å². The largest absolute Gasteiger partial charge is 0.111 e. The highest BCUT2D eigenvalue weighted by atomic mass is 31.7. The van der Waals surface area contributed by atoms with Gasteiger partial charge in [-0.3, -0.25) is 0 Å². The predicted molar refractivity (Wildman–Crippen MR) is 40.9 cm³/mol. The number of hydrogen-bond donors (Lipinski definition) is 0. The molecule has 0 spiro atoms. The number of rotatable bonds is 2. The van der Waals surface area contributed by atoms with Gasteiger partial charge in [-0.25, -0.2) is 0 Å². The zero-order valence-corrected chi connectivity index (χ0v) is 7.13. The quantitative estimate of drug-likeness (QED) is 0.510. The van der Waals surface area contributed by atoms with E-state index in [4.69, 9.17) is 0 Å². The fraction of sp³-hybridized carbons (Fsp3) is 1.00. The van der Waals surface area contributed by atoms with Crippen molar-refractivity contribution in [3.8, 4) is 0 Å². The Balaban J connectivity index is 3.13. The Morgan fingerprint density at radius 1 is 1.57 bits per heavy atom. The Labute approximate surface area is 49.1 Å². The lowest BCUT2D eigenvalue weighted by Crippen LogP contribution is -1.86. The highest BCUT2D eigenvalue weighted by Crippen LogP contribution is 2.24. The van der Waals surface area contributed by atoms with Crippen molar-refractivity contribution in [1.29, 1.82) is 0 Å². The average Bonchev–Trinajstić information content (AvgIpc) is 1.27. The minimum absolute atomic E-state index is 0.166. The Hall–Kier alpha value is 0.600. The summed E-state index contributed by atoms with van der Waals surface area (Å²) in [5, 5.41) is 0. The molecule has 1 atom stereocenters. The number of hydrogen-bond acceptors (Lipinski definition) is 0. The SMILES string of the molecule is CC(C)C[P+](C)=P. The average molecular weight is 135 g/mol. The van der Waals surface area contributed by atoms with E-state index in [9.17, 15) is 0 Å². The molecule has 1 unspecified atom stereocenters. The summed E-state index contributed by atoms with van der Waals surface area (Å²) in [7, 11) is 3.75. The van der Waals surface area contributed by atoms with E-state index in [1.807, 2.05) is 0 Å². The van der Waals surface area contributed by atoms with Gasteiger partial charge in [-0.2, -0.15) is 0 Å². The van der Waals surface area contributed by atoms with Crippen LogP contribution < -0.4 is 0 Å². The molecule has 2 heteroatoms. The summed E-state index contributed by atoms with van der Waals surface area (Å²) >= 11 is 0. The Morgan fingerprint density at radius 2 is 2.00 bits per heavy atom. The van der Waals surface area contributed by atoms with Crippen molar-refractivity contribution in [2.45, 2.75) is 13.8 Å². The molecule has 0 bridgehead atoms. The van der Waals surface area contributed by atoms with Gasteiger partial charge >= 0.3 is 0 Å². The molecule has 0 saturated heterocycles. The summed E-state index contributed by atoms with van der Waals surface area (Å²) in [4.78, 5) is 0. The minimum atomic E-state index is 0.166. The summed E-state index contributed by atoms with van der Waals surface area (Å²) in [6.45, 7) is 6.74. The second-order valence-corrected chi connectivity index (χ2v) is 6.33. The van der Waals surface area contributed by atoms with Crippen LogP contribution in [0.4, 0.5) is 0 Å². The molecular formula is C5H13P2+. The van der Waals surface area contributed by atoms with Crippen LogP contribution in [0.3, 0.4) is 0 Å². The van der Waals surface area contributed by atoms with Crippen LogP contribution in [0.2, 0.25) is 0 Å². The molecule has 0 aliphatic rings. The topological polar surface area (TPSA) is 0 Å². The van der Waals surface area contributed by atoms with Crippen LogP contribution in [0.1, 0.15) is 13.8 Å². The first-order valence-corrected chi connectivity index (χ1v) is 5.87. The first-order chi connectivity index (χ1) is 3.13. The molecule has 0 aliphatic heterocycles. The third-order valence-electron chi connectivity index (χ3n) is 0.639. The molecule has 0 saturated carbocycles. The maximum absolute atomic E-state index is 3.58. The van der Waals surface area contributed by atoms with Crippen LogP contribution in [0.25, 0.3) is 0 Å². The van der Waals surface area contributed by atoms with Gasteiger partial charge < -0.3 is 0 Å². The van der Waals surface area contributed by atoms with E-state index in [1.165, 1.54) is 6.16 Å². The zero-order chi connectivity index (χ0) is 5.86. The molecular weight excluding hydrogens is 122 g/mol. The van der Waals surface area contributed by atoms with Crippen LogP contribution in [-0.2, 0) is 0 Å². The molecule has 42 valence electrons. The lowest BCUT2D eigenvalue weighted by atomic mass is 10.3. The maximum Gasteiger partial charge on any atom is 0.111 e. The molecule has 0 aromatic rings. The van der Waals surface area contributed by atoms with Crippen molar-refractivity contribution in [1.82, 2.24) is 0 Å². The Bertz CT molecular complexity index is 66.5. The second kappa shape index (κ2) is 3.58. The fourth-order valence-corrected chi connectivity index (χ4v) is 2.74. The summed E-state index contributed by atoms with van der Waals surface area (Å²) in [6.07, 6.45) is 1.34. The zero-order valence-electron chi connectivity index (χ0n) is 5.23. The van der Waals surface area contributed by atoms with E-state index in [1.54, 1.807) is 0 Å². The van der Waals surface area contributed by atoms with E-state index in [2.05, 4.69) is 29.0 Å². The second-order valence-electron chi connectivity index (χ2n) is 2.27. The molecule has 0 amide bonds.